The van der Waals surface area contributed by atoms with Crippen LogP contribution in [0.3, 0.4) is 0 Å². The van der Waals surface area contributed by atoms with Crippen LogP contribution in [0.25, 0.3) is 0 Å². The Kier molecular flexibility index (Phi) is 8.25. The zero-order valence-electron chi connectivity index (χ0n) is 17.8. The van der Waals surface area contributed by atoms with Crippen LogP contribution >= 0.6 is 0 Å². The summed E-state index contributed by atoms with van der Waals surface area (Å²) in [7, 11) is 0. The fourth-order valence-corrected chi connectivity index (χ4v) is 2.67. The number of carbonyl (C=O) groups is 2. The lowest BCUT2D eigenvalue weighted by Gasteiger charge is -2.19. The average molecular weight is 398 g/mol. The second-order valence-corrected chi connectivity index (χ2v) is 7.99. The highest BCUT2D eigenvalue weighted by molar-refractivity contribution is 5.93. The summed E-state index contributed by atoms with van der Waals surface area (Å²) in [6.45, 7) is 9.34. The molecule has 0 saturated carbocycles. The molecule has 0 atom stereocenters. The van der Waals surface area contributed by atoms with Crippen LogP contribution in [0, 0.1) is 0 Å². The molecule has 2 rings (SSSR count). The monoisotopic (exact) mass is 397 g/mol. The highest BCUT2D eigenvalue weighted by Gasteiger charge is 2.13. The lowest BCUT2D eigenvalue weighted by molar-refractivity contribution is -0.116. The van der Waals surface area contributed by atoms with Crippen LogP contribution in [0.4, 0.5) is 5.69 Å². The van der Waals surface area contributed by atoms with Crippen LogP contribution in [0.5, 0.6) is 5.75 Å². The number of rotatable bonds is 9. The van der Waals surface area contributed by atoms with Crippen LogP contribution in [0.1, 0.15) is 62.9 Å². The van der Waals surface area contributed by atoms with Crippen LogP contribution in [0.15, 0.2) is 48.5 Å². The van der Waals surface area contributed by atoms with Crippen molar-refractivity contribution >= 4 is 17.6 Å². The fraction of sp³-hybridized carbons (Fsp3) is 0.417. The van der Waals surface area contributed by atoms with E-state index in [-0.39, 0.29) is 17.3 Å². The van der Waals surface area contributed by atoms with E-state index in [4.69, 9.17) is 9.47 Å². The highest BCUT2D eigenvalue weighted by atomic mass is 16.5. The van der Waals surface area contributed by atoms with Crippen molar-refractivity contribution in [1.29, 1.82) is 0 Å². The molecule has 29 heavy (non-hydrogen) atoms. The number of carbonyl (C=O) groups excluding carboxylic acids is 2. The Labute approximate surface area is 173 Å². The lowest BCUT2D eigenvalue weighted by Crippen LogP contribution is -2.13. The van der Waals surface area contributed by atoms with Gasteiger partial charge in [-0.25, -0.2) is 4.79 Å². The molecule has 0 heterocycles. The number of benzene rings is 2. The summed E-state index contributed by atoms with van der Waals surface area (Å²) in [4.78, 5) is 23.9. The highest BCUT2D eigenvalue weighted by Crippen LogP contribution is 2.24. The molecule has 0 aliphatic rings. The zero-order chi connectivity index (χ0) is 21.3. The van der Waals surface area contributed by atoms with Gasteiger partial charge in [-0.3, -0.25) is 4.79 Å². The predicted molar refractivity (Wildman–Crippen MR) is 116 cm³/mol. The maximum Gasteiger partial charge on any atom is 0.338 e. The summed E-state index contributed by atoms with van der Waals surface area (Å²) < 4.78 is 10.8. The van der Waals surface area contributed by atoms with E-state index in [9.17, 15) is 9.59 Å². The van der Waals surface area contributed by atoms with Gasteiger partial charge in [0.25, 0.3) is 0 Å². The first-order valence-electron chi connectivity index (χ1n) is 10.1. The fourth-order valence-electron chi connectivity index (χ4n) is 2.67. The van der Waals surface area contributed by atoms with Gasteiger partial charge < -0.3 is 14.8 Å². The third kappa shape index (κ3) is 7.60. The minimum atomic E-state index is -0.350. The van der Waals surface area contributed by atoms with Crippen molar-refractivity contribution in [2.75, 3.05) is 18.5 Å². The maximum atomic E-state index is 12.1. The number of hydrogen-bond donors (Lipinski definition) is 1. The Hall–Kier alpha value is -2.82. The first-order valence-corrected chi connectivity index (χ1v) is 10.1. The zero-order valence-corrected chi connectivity index (χ0v) is 17.8. The molecular weight excluding hydrogens is 366 g/mol. The second-order valence-electron chi connectivity index (χ2n) is 7.99. The molecule has 0 aliphatic heterocycles. The molecule has 2 aromatic carbocycles. The van der Waals surface area contributed by atoms with Crippen LogP contribution in [-0.2, 0) is 14.9 Å². The van der Waals surface area contributed by atoms with E-state index in [0.717, 1.165) is 12.2 Å². The lowest BCUT2D eigenvalue weighted by atomic mass is 9.87. The molecule has 0 aromatic heterocycles. The van der Waals surface area contributed by atoms with Crippen LogP contribution < -0.4 is 10.1 Å². The predicted octanol–water partition coefficient (Wildman–Crippen LogP) is 5.35. The Morgan fingerprint density at radius 2 is 1.59 bits per heavy atom. The molecule has 0 fully saturated rings. The quantitative estimate of drug-likeness (QED) is 0.458. The van der Waals surface area contributed by atoms with Gasteiger partial charge in [-0.05, 0) is 60.2 Å². The standard InChI is InChI=1S/C24H31NO4/c1-5-16-29-23(27)18-8-12-20(13-9-18)25-22(26)7-6-17-28-21-14-10-19(11-15-21)24(2,3)4/h8-15H,5-7,16-17H2,1-4H3,(H,25,26). The van der Waals surface area contributed by atoms with Gasteiger partial charge in [-0.15, -0.1) is 0 Å². The topological polar surface area (TPSA) is 64.6 Å². The van der Waals surface area contributed by atoms with Gasteiger partial charge in [-0.2, -0.15) is 0 Å². The van der Waals surface area contributed by atoms with Gasteiger partial charge in [0.05, 0.1) is 18.8 Å². The summed E-state index contributed by atoms with van der Waals surface area (Å²) >= 11 is 0. The smallest absolute Gasteiger partial charge is 0.338 e. The number of amides is 1. The number of hydrogen-bond acceptors (Lipinski definition) is 4. The van der Waals surface area contributed by atoms with E-state index in [0.29, 0.717) is 37.3 Å². The Morgan fingerprint density at radius 3 is 2.17 bits per heavy atom. The van der Waals surface area contributed by atoms with E-state index in [2.05, 4.69) is 38.2 Å². The van der Waals surface area contributed by atoms with Gasteiger partial charge in [0, 0.05) is 12.1 Å². The van der Waals surface area contributed by atoms with Crippen molar-refractivity contribution in [2.24, 2.45) is 0 Å². The normalized spacial score (nSPS) is 11.0. The molecule has 5 nitrogen and oxygen atoms in total. The molecule has 0 bridgehead atoms. The SMILES string of the molecule is CCCOC(=O)c1ccc(NC(=O)CCCOc2ccc(C(C)(C)C)cc2)cc1. The van der Waals surface area contributed by atoms with Gasteiger partial charge in [0.15, 0.2) is 0 Å². The Balaban J connectivity index is 1.71. The van der Waals surface area contributed by atoms with Crippen molar-refractivity contribution in [3.8, 4) is 5.75 Å². The second kappa shape index (κ2) is 10.6. The van der Waals surface area contributed by atoms with E-state index in [1.165, 1.54) is 5.56 Å². The van der Waals surface area contributed by atoms with E-state index < -0.39 is 0 Å². The van der Waals surface area contributed by atoms with Gasteiger partial charge >= 0.3 is 5.97 Å². The molecule has 156 valence electrons. The number of anilines is 1. The third-order valence-corrected chi connectivity index (χ3v) is 4.38. The van der Waals surface area contributed by atoms with Crippen molar-refractivity contribution < 1.29 is 19.1 Å². The Bertz CT molecular complexity index is 789. The summed E-state index contributed by atoms with van der Waals surface area (Å²) in [5.41, 5.74) is 2.50. The minimum Gasteiger partial charge on any atom is -0.494 e. The first kappa shape index (κ1) is 22.5. The molecule has 5 heteroatoms. The summed E-state index contributed by atoms with van der Waals surface area (Å²) in [5, 5.41) is 2.83. The first-order chi connectivity index (χ1) is 13.8. The Morgan fingerprint density at radius 1 is 0.931 bits per heavy atom. The van der Waals surface area contributed by atoms with E-state index in [1.54, 1.807) is 24.3 Å². The van der Waals surface area contributed by atoms with Crippen LogP contribution in [-0.4, -0.2) is 25.1 Å². The van der Waals surface area contributed by atoms with Crippen molar-refractivity contribution in [2.45, 2.75) is 52.4 Å². The minimum absolute atomic E-state index is 0.0852. The largest absolute Gasteiger partial charge is 0.494 e. The van der Waals surface area contributed by atoms with Crippen LogP contribution in [0.2, 0.25) is 0 Å². The van der Waals surface area contributed by atoms with E-state index in [1.807, 2.05) is 19.1 Å². The number of esters is 1. The van der Waals surface area contributed by atoms with Crippen molar-refractivity contribution in [3.05, 3.63) is 59.7 Å². The number of nitrogens with one attached hydrogen (secondary N) is 1. The molecule has 0 spiro atoms. The molecular formula is C24H31NO4. The summed E-state index contributed by atoms with van der Waals surface area (Å²) in [5.74, 6) is 0.374. The maximum absolute atomic E-state index is 12.1. The van der Waals surface area contributed by atoms with Gasteiger partial charge in [0.1, 0.15) is 5.75 Å². The average Bonchev–Trinajstić information content (AvgIpc) is 2.69. The van der Waals surface area contributed by atoms with E-state index >= 15 is 0 Å². The summed E-state index contributed by atoms with van der Waals surface area (Å²) in [6.07, 6.45) is 1.76. The van der Waals surface area contributed by atoms with Gasteiger partial charge in [-0.1, -0.05) is 39.8 Å². The molecule has 0 unspecified atom stereocenters. The molecule has 0 saturated heterocycles. The molecule has 1 N–H and O–H groups in total. The number of ether oxygens (including phenoxy) is 2. The summed E-state index contributed by atoms with van der Waals surface area (Å²) in [6, 6.07) is 14.8. The molecule has 1 amide bonds. The van der Waals surface area contributed by atoms with Gasteiger partial charge in [0.2, 0.25) is 5.91 Å². The van der Waals surface area contributed by atoms with Crippen molar-refractivity contribution in [1.82, 2.24) is 0 Å². The molecule has 0 radical (unpaired) electrons. The van der Waals surface area contributed by atoms with Crippen molar-refractivity contribution in [3.63, 3.8) is 0 Å². The third-order valence-electron chi connectivity index (χ3n) is 4.38. The molecule has 0 aliphatic carbocycles. The molecule has 2 aromatic rings.